The van der Waals surface area contributed by atoms with Gasteiger partial charge in [-0.2, -0.15) is 0 Å². The number of anilines is 1. The number of nitrogens with one attached hydrogen (secondary N) is 1. The normalized spacial score (nSPS) is 23.4. The van der Waals surface area contributed by atoms with Gasteiger partial charge in [-0.05, 0) is 31.7 Å². The molecule has 1 unspecified atom stereocenters. The summed E-state index contributed by atoms with van der Waals surface area (Å²) < 4.78 is 24.6. The summed E-state index contributed by atoms with van der Waals surface area (Å²) in [6.07, 6.45) is 7.75. The van der Waals surface area contributed by atoms with Crippen molar-refractivity contribution < 1.29 is 13.2 Å². The predicted octanol–water partition coefficient (Wildman–Crippen LogP) is 0.233. The Hall–Kier alpha value is -1.74. The highest BCUT2D eigenvalue weighted by molar-refractivity contribution is 7.88. The van der Waals surface area contributed by atoms with Crippen LogP contribution in [0.3, 0.4) is 0 Å². The number of amides is 1. The monoisotopic (exact) mass is 367 g/mol. The smallest absolute Gasteiger partial charge is 0.225 e. The van der Waals surface area contributed by atoms with E-state index in [0.717, 1.165) is 19.4 Å². The van der Waals surface area contributed by atoms with Crippen LogP contribution in [0.15, 0.2) is 18.5 Å². The zero-order valence-corrected chi connectivity index (χ0v) is 15.3. The Morgan fingerprint density at radius 1 is 1.16 bits per heavy atom. The molecule has 0 radical (unpaired) electrons. The van der Waals surface area contributed by atoms with Gasteiger partial charge < -0.3 is 10.2 Å². The molecule has 0 aromatic carbocycles. The molecule has 1 aromatic heterocycles. The fourth-order valence-corrected chi connectivity index (χ4v) is 4.37. The standard InChI is InChI=1S/C16H25N5O3S/c1-25(23,24)21-10-5-13(6-11-21)15(22)19-14-4-2-9-20(12-14)16-17-7-3-8-18-16/h3,7-8,13-14H,2,4-6,9-12H2,1H3,(H,19,22). The number of carbonyl (C=O) groups is 1. The quantitative estimate of drug-likeness (QED) is 0.819. The third kappa shape index (κ3) is 4.66. The van der Waals surface area contributed by atoms with E-state index in [1.54, 1.807) is 18.5 Å². The Kier molecular flexibility index (Phi) is 5.53. The van der Waals surface area contributed by atoms with Gasteiger partial charge >= 0.3 is 0 Å². The highest BCUT2D eigenvalue weighted by Gasteiger charge is 2.31. The summed E-state index contributed by atoms with van der Waals surface area (Å²) in [5, 5.41) is 3.14. The highest BCUT2D eigenvalue weighted by atomic mass is 32.2. The second-order valence-electron chi connectivity index (χ2n) is 6.78. The van der Waals surface area contributed by atoms with Gasteiger partial charge in [-0.1, -0.05) is 0 Å². The average molecular weight is 367 g/mol. The van der Waals surface area contributed by atoms with Crippen molar-refractivity contribution in [2.24, 2.45) is 5.92 Å². The molecule has 0 saturated carbocycles. The van der Waals surface area contributed by atoms with E-state index >= 15 is 0 Å². The lowest BCUT2D eigenvalue weighted by atomic mass is 9.96. The SMILES string of the molecule is CS(=O)(=O)N1CCC(C(=O)NC2CCCN(c3ncccn3)C2)CC1. The van der Waals surface area contributed by atoms with E-state index in [1.165, 1.54) is 10.6 Å². The summed E-state index contributed by atoms with van der Waals surface area (Å²) in [4.78, 5) is 23.2. The predicted molar refractivity (Wildman–Crippen MR) is 94.6 cm³/mol. The first kappa shape index (κ1) is 18.1. The van der Waals surface area contributed by atoms with Crippen LogP contribution in [0.5, 0.6) is 0 Å². The lowest BCUT2D eigenvalue weighted by molar-refractivity contribution is -0.126. The van der Waals surface area contributed by atoms with Gasteiger partial charge in [-0.3, -0.25) is 4.79 Å². The van der Waals surface area contributed by atoms with E-state index in [0.29, 0.717) is 38.4 Å². The molecule has 3 heterocycles. The van der Waals surface area contributed by atoms with Gasteiger partial charge in [-0.25, -0.2) is 22.7 Å². The van der Waals surface area contributed by atoms with Crippen LogP contribution >= 0.6 is 0 Å². The van der Waals surface area contributed by atoms with Crippen molar-refractivity contribution in [3.63, 3.8) is 0 Å². The van der Waals surface area contributed by atoms with Gasteiger partial charge in [0.15, 0.2) is 0 Å². The van der Waals surface area contributed by atoms with Crippen LogP contribution in [-0.2, 0) is 14.8 Å². The van der Waals surface area contributed by atoms with Gasteiger partial charge in [0.05, 0.1) is 6.26 Å². The molecular weight excluding hydrogens is 342 g/mol. The van der Waals surface area contributed by atoms with E-state index in [9.17, 15) is 13.2 Å². The second-order valence-corrected chi connectivity index (χ2v) is 8.76. The van der Waals surface area contributed by atoms with Crippen molar-refractivity contribution in [2.75, 3.05) is 37.3 Å². The molecule has 1 aromatic rings. The maximum atomic E-state index is 12.5. The number of hydrogen-bond donors (Lipinski definition) is 1. The van der Waals surface area contributed by atoms with Gasteiger partial charge in [0.25, 0.3) is 0 Å². The molecule has 3 rings (SSSR count). The van der Waals surface area contributed by atoms with Crippen molar-refractivity contribution in [3.05, 3.63) is 18.5 Å². The first-order valence-electron chi connectivity index (χ1n) is 8.71. The number of piperidine rings is 2. The van der Waals surface area contributed by atoms with E-state index in [2.05, 4.69) is 20.2 Å². The lowest BCUT2D eigenvalue weighted by Crippen LogP contribution is -2.51. The molecule has 1 N–H and O–H groups in total. The summed E-state index contributed by atoms with van der Waals surface area (Å²) in [5.41, 5.74) is 0. The minimum atomic E-state index is -3.16. The Bertz CT molecular complexity index is 689. The molecule has 138 valence electrons. The van der Waals surface area contributed by atoms with Crippen LogP contribution in [0.1, 0.15) is 25.7 Å². The minimum Gasteiger partial charge on any atom is -0.351 e. The van der Waals surface area contributed by atoms with E-state index in [4.69, 9.17) is 0 Å². The number of aromatic nitrogens is 2. The molecular formula is C16H25N5O3S. The highest BCUT2D eigenvalue weighted by Crippen LogP contribution is 2.21. The Morgan fingerprint density at radius 2 is 1.84 bits per heavy atom. The molecule has 2 aliphatic rings. The Balaban J connectivity index is 1.51. The number of sulfonamides is 1. The minimum absolute atomic E-state index is 0.0361. The number of nitrogens with zero attached hydrogens (tertiary/aromatic N) is 4. The summed E-state index contributed by atoms with van der Waals surface area (Å²) in [7, 11) is -3.16. The first-order valence-corrected chi connectivity index (χ1v) is 10.6. The van der Waals surface area contributed by atoms with Crippen LogP contribution in [0.25, 0.3) is 0 Å². The van der Waals surface area contributed by atoms with Crippen molar-refractivity contribution in [1.29, 1.82) is 0 Å². The summed E-state index contributed by atoms with van der Waals surface area (Å²) in [6, 6.07) is 1.87. The lowest BCUT2D eigenvalue weighted by Gasteiger charge is -2.35. The second kappa shape index (κ2) is 7.65. The summed E-state index contributed by atoms with van der Waals surface area (Å²) in [6.45, 7) is 2.44. The van der Waals surface area contributed by atoms with Gasteiger partial charge in [-0.15, -0.1) is 0 Å². The fourth-order valence-electron chi connectivity index (χ4n) is 3.50. The zero-order valence-electron chi connectivity index (χ0n) is 14.5. The van der Waals surface area contributed by atoms with E-state index in [-0.39, 0.29) is 17.9 Å². The largest absolute Gasteiger partial charge is 0.351 e. The maximum absolute atomic E-state index is 12.5. The zero-order chi connectivity index (χ0) is 17.9. The topological polar surface area (TPSA) is 95.5 Å². The summed E-state index contributed by atoms with van der Waals surface area (Å²) in [5.74, 6) is 0.623. The van der Waals surface area contributed by atoms with Crippen molar-refractivity contribution in [1.82, 2.24) is 19.6 Å². The molecule has 25 heavy (non-hydrogen) atoms. The molecule has 8 nitrogen and oxygen atoms in total. The van der Waals surface area contributed by atoms with Crippen molar-refractivity contribution in [2.45, 2.75) is 31.7 Å². The van der Waals surface area contributed by atoms with Crippen LogP contribution in [0, 0.1) is 5.92 Å². The van der Waals surface area contributed by atoms with Crippen molar-refractivity contribution >= 4 is 21.9 Å². The molecule has 2 saturated heterocycles. The molecule has 1 amide bonds. The third-order valence-electron chi connectivity index (χ3n) is 4.90. The van der Waals surface area contributed by atoms with Crippen LogP contribution < -0.4 is 10.2 Å². The molecule has 1 atom stereocenters. The number of hydrogen-bond acceptors (Lipinski definition) is 6. The van der Waals surface area contributed by atoms with Gasteiger partial charge in [0.1, 0.15) is 0 Å². The Labute approximate surface area is 148 Å². The molecule has 2 aliphatic heterocycles. The third-order valence-corrected chi connectivity index (χ3v) is 6.20. The Morgan fingerprint density at radius 3 is 2.48 bits per heavy atom. The molecule has 0 spiro atoms. The van der Waals surface area contributed by atoms with Gasteiger partial charge in [0, 0.05) is 50.5 Å². The van der Waals surface area contributed by atoms with Crippen LogP contribution in [0.2, 0.25) is 0 Å². The van der Waals surface area contributed by atoms with Crippen molar-refractivity contribution in [3.8, 4) is 0 Å². The average Bonchev–Trinajstić information content (AvgIpc) is 2.62. The van der Waals surface area contributed by atoms with Gasteiger partial charge in [0.2, 0.25) is 21.9 Å². The maximum Gasteiger partial charge on any atom is 0.225 e. The first-order chi connectivity index (χ1) is 11.9. The molecule has 9 heteroatoms. The van der Waals surface area contributed by atoms with Crippen LogP contribution in [0.4, 0.5) is 5.95 Å². The molecule has 0 aliphatic carbocycles. The number of rotatable bonds is 4. The van der Waals surface area contributed by atoms with Crippen LogP contribution in [-0.4, -0.2) is 67.1 Å². The molecule has 0 bridgehead atoms. The molecule has 2 fully saturated rings. The van der Waals surface area contributed by atoms with E-state index < -0.39 is 10.0 Å². The van der Waals surface area contributed by atoms with E-state index in [1.807, 2.05) is 0 Å². The number of carbonyl (C=O) groups excluding carboxylic acids is 1. The summed E-state index contributed by atoms with van der Waals surface area (Å²) >= 11 is 0. The fraction of sp³-hybridized carbons (Fsp3) is 0.688.